The highest BCUT2D eigenvalue weighted by Gasteiger charge is 2.15. The Hall–Kier alpha value is -1.19. The number of hydrogen-bond donors (Lipinski definition) is 1. The van der Waals surface area contributed by atoms with E-state index in [1.165, 1.54) is 5.56 Å². The monoisotopic (exact) mass is 219 g/mol. The fourth-order valence-corrected chi connectivity index (χ4v) is 1.97. The quantitative estimate of drug-likeness (QED) is 0.834. The van der Waals surface area contributed by atoms with E-state index in [4.69, 9.17) is 5.11 Å². The number of benzene rings is 1. The molecule has 0 aromatic heterocycles. The molecule has 0 aliphatic carbocycles. The highest BCUT2D eigenvalue weighted by Crippen LogP contribution is 2.12. The van der Waals surface area contributed by atoms with Crippen LogP contribution in [0.3, 0.4) is 0 Å². The van der Waals surface area contributed by atoms with Crippen molar-refractivity contribution in [1.29, 1.82) is 0 Å². The summed E-state index contributed by atoms with van der Waals surface area (Å²) in [7, 11) is 0. The Kier molecular flexibility index (Phi) is 3.70. The van der Waals surface area contributed by atoms with Crippen LogP contribution in [0.5, 0.6) is 0 Å². The second kappa shape index (κ2) is 5.23. The summed E-state index contributed by atoms with van der Waals surface area (Å²) in [5.41, 5.74) is 2.18. The Morgan fingerprint density at radius 2 is 1.62 bits per heavy atom. The second-order valence-corrected chi connectivity index (χ2v) is 4.29. The van der Waals surface area contributed by atoms with E-state index in [1.54, 1.807) is 0 Å². The minimum Gasteiger partial charge on any atom is -0.392 e. The van der Waals surface area contributed by atoms with Crippen molar-refractivity contribution in [2.45, 2.75) is 26.0 Å². The fourth-order valence-electron chi connectivity index (χ4n) is 1.97. The van der Waals surface area contributed by atoms with Crippen molar-refractivity contribution in [2.75, 3.05) is 13.1 Å². The molecule has 16 heavy (non-hydrogen) atoms. The van der Waals surface area contributed by atoms with Crippen LogP contribution in [0.1, 0.15) is 24.0 Å². The largest absolute Gasteiger partial charge is 0.392 e. The van der Waals surface area contributed by atoms with Crippen LogP contribution in [0, 0.1) is 0 Å². The lowest BCUT2D eigenvalue weighted by Crippen LogP contribution is -2.33. The molecular formula is C13H17NO2. The summed E-state index contributed by atoms with van der Waals surface area (Å²) in [6.07, 6.45) is 1.38. The summed E-state index contributed by atoms with van der Waals surface area (Å²) in [6.45, 7) is 2.75. The zero-order valence-electron chi connectivity index (χ0n) is 9.35. The van der Waals surface area contributed by atoms with Crippen molar-refractivity contribution in [3.8, 4) is 0 Å². The van der Waals surface area contributed by atoms with Crippen molar-refractivity contribution in [1.82, 2.24) is 4.90 Å². The van der Waals surface area contributed by atoms with E-state index < -0.39 is 0 Å². The number of carbonyl (C=O) groups excluding carboxylic acids is 1. The summed E-state index contributed by atoms with van der Waals surface area (Å²) in [5.74, 6) is 0.381. The molecule has 1 saturated heterocycles. The molecule has 0 spiro atoms. The van der Waals surface area contributed by atoms with Crippen molar-refractivity contribution >= 4 is 5.78 Å². The third-order valence-electron chi connectivity index (χ3n) is 3.03. The number of Topliss-reactive ketones (excluding diaryl/α,β-unsaturated/α-hetero) is 1. The van der Waals surface area contributed by atoms with Crippen molar-refractivity contribution in [3.05, 3.63) is 35.4 Å². The molecule has 1 aliphatic heterocycles. The van der Waals surface area contributed by atoms with E-state index in [0.29, 0.717) is 18.6 Å². The third-order valence-corrected chi connectivity index (χ3v) is 3.03. The molecule has 3 heteroatoms. The molecule has 1 heterocycles. The molecule has 1 aliphatic rings. The van der Waals surface area contributed by atoms with Crippen LogP contribution in [0.15, 0.2) is 24.3 Å². The Bertz CT molecular complexity index is 349. The maximum absolute atomic E-state index is 11.1. The molecule has 0 amide bonds. The molecular weight excluding hydrogens is 202 g/mol. The number of hydrogen-bond acceptors (Lipinski definition) is 3. The average Bonchev–Trinajstić information content (AvgIpc) is 2.33. The average molecular weight is 219 g/mol. The number of rotatable bonds is 3. The lowest BCUT2D eigenvalue weighted by Gasteiger charge is -2.25. The van der Waals surface area contributed by atoms with E-state index in [1.807, 2.05) is 24.3 Å². The number of piperidine rings is 1. The molecule has 2 rings (SSSR count). The van der Waals surface area contributed by atoms with E-state index in [9.17, 15) is 4.79 Å². The number of ketones is 1. The van der Waals surface area contributed by atoms with Gasteiger partial charge < -0.3 is 5.11 Å². The van der Waals surface area contributed by atoms with Gasteiger partial charge in [0.1, 0.15) is 5.78 Å². The summed E-state index contributed by atoms with van der Waals surface area (Å²) in [4.78, 5) is 13.4. The first kappa shape index (κ1) is 11.3. The standard InChI is InChI=1S/C13H17NO2/c15-10-12-3-1-11(2-4-12)9-14-7-5-13(16)6-8-14/h1-4,15H,5-10H2. The number of aliphatic hydroxyl groups excluding tert-OH is 1. The lowest BCUT2D eigenvalue weighted by atomic mass is 10.1. The second-order valence-electron chi connectivity index (χ2n) is 4.29. The minimum atomic E-state index is 0.0957. The lowest BCUT2D eigenvalue weighted by molar-refractivity contribution is -0.121. The zero-order valence-corrected chi connectivity index (χ0v) is 9.35. The SMILES string of the molecule is O=C1CCN(Cc2ccc(CO)cc2)CC1. The van der Waals surface area contributed by atoms with Gasteiger partial charge in [-0.1, -0.05) is 24.3 Å². The molecule has 1 aromatic carbocycles. The Morgan fingerprint density at radius 3 is 2.19 bits per heavy atom. The van der Waals surface area contributed by atoms with Crippen LogP contribution in [0.25, 0.3) is 0 Å². The highest BCUT2D eigenvalue weighted by molar-refractivity contribution is 5.79. The molecule has 0 bridgehead atoms. The van der Waals surface area contributed by atoms with Gasteiger partial charge in [0.05, 0.1) is 6.61 Å². The van der Waals surface area contributed by atoms with Gasteiger partial charge in [-0.25, -0.2) is 0 Å². The van der Waals surface area contributed by atoms with Crippen LogP contribution in [-0.4, -0.2) is 28.9 Å². The van der Waals surface area contributed by atoms with Gasteiger partial charge in [-0.3, -0.25) is 9.69 Å². The maximum Gasteiger partial charge on any atom is 0.135 e. The molecule has 1 fully saturated rings. The van der Waals surface area contributed by atoms with Gasteiger partial charge >= 0.3 is 0 Å². The topological polar surface area (TPSA) is 40.5 Å². The van der Waals surface area contributed by atoms with Gasteiger partial charge in [0.15, 0.2) is 0 Å². The van der Waals surface area contributed by atoms with Gasteiger partial charge in [-0.2, -0.15) is 0 Å². The van der Waals surface area contributed by atoms with E-state index in [0.717, 1.165) is 25.2 Å². The molecule has 3 nitrogen and oxygen atoms in total. The van der Waals surface area contributed by atoms with Crippen molar-refractivity contribution < 1.29 is 9.90 Å². The molecule has 0 atom stereocenters. The fraction of sp³-hybridized carbons (Fsp3) is 0.462. The van der Waals surface area contributed by atoms with Crippen LogP contribution in [0.4, 0.5) is 0 Å². The van der Waals surface area contributed by atoms with Gasteiger partial charge in [0.2, 0.25) is 0 Å². The predicted molar refractivity (Wildman–Crippen MR) is 61.9 cm³/mol. The summed E-state index contributed by atoms with van der Waals surface area (Å²) in [6, 6.07) is 7.98. The number of carbonyl (C=O) groups is 1. The smallest absolute Gasteiger partial charge is 0.135 e. The summed E-state index contributed by atoms with van der Waals surface area (Å²) >= 11 is 0. The van der Waals surface area contributed by atoms with Gasteiger partial charge in [-0.05, 0) is 11.1 Å². The number of nitrogens with zero attached hydrogens (tertiary/aromatic N) is 1. The molecule has 0 radical (unpaired) electrons. The summed E-state index contributed by atoms with van der Waals surface area (Å²) < 4.78 is 0. The molecule has 0 saturated carbocycles. The molecule has 86 valence electrons. The van der Waals surface area contributed by atoms with E-state index in [-0.39, 0.29) is 6.61 Å². The van der Waals surface area contributed by atoms with Crippen molar-refractivity contribution in [3.63, 3.8) is 0 Å². The Balaban J connectivity index is 1.90. The number of likely N-dealkylation sites (tertiary alicyclic amines) is 1. The maximum atomic E-state index is 11.1. The first-order chi connectivity index (χ1) is 7.78. The molecule has 1 aromatic rings. The first-order valence-corrected chi connectivity index (χ1v) is 5.70. The van der Waals surface area contributed by atoms with Crippen LogP contribution in [-0.2, 0) is 17.9 Å². The Labute approximate surface area is 95.7 Å². The van der Waals surface area contributed by atoms with Gasteiger partial charge in [0.25, 0.3) is 0 Å². The Morgan fingerprint density at radius 1 is 1.06 bits per heavy atom. The predicted octanol–water partition coefficient (Wildman–Crippen LogP) is 1.34. The van der Waals surface area contributed by atoms with Gasteiger partial charge in [0, 0.05) is 32.5 Å². The van der Waals surface area contributed by atoms with Crippen molar-refractivity contribution in [2.24, 2.45) is 0 Å². The van der Waals surface area contributed by atoms with Crippen LogP contribution in [0.2, 0.25) is 0 Å². The third kappa shape index (κ3) is 2.90. The van der Waals surface area contributed by atoms with Crippen LogP contribution < -0.4 is 0 Å². The van der Waals surface area contributed by atoms with E-state index in [2.05, 4.69) is 4.90 Å². The molecule has 0 unspecified atom stereocenters. The first-order valence-electron chi connectivity index (χ1n) is 5.70. The summed E-state index contributed by atoms with van der Waals surface area (Å²) in [5, 5.41) is 8.93. The van der Waals surface area contributed by atoms with E-state index >= 15 is 0 Å². The van der Waals surface area contributed by atoms with Gasteiger partial charge in [-0.15, -0.1) is 0 Å². The minimum absolute atomic E-state index is 0.0957. The highest BCUT2D eigenvalue weighted by atomic mass is 16.3. The number of aliphatic hydroxyl groups is 1. The molecule has 1 N–H and O–H groups in total. The zero-order chi connectivity index (χ0) is 11.4. The normalized spacial score (nSPS) is 17.7. The van der Waals surface area contributed by atoms with Crippen LogP contribution >= 0.6 is 0 Å².